The van der Waals surface area contributed by atoms with Crippen LogP contribution in [0.1, 0.15) is 51.7 Å². The van der Waals surface area contributed by atoms with Crippen molar-refractivity contribution in [2.24, 2.45) is 0 Å². The van der Waals surface area contributed by atoms with Crippen LogP contribution in [-0.2, 0) is 0 Å². The van der Waals surface area contributed by atoms with E-state index in [4.69, 9.17) is 0 Å². The average molecular weight is 353 g/mol. The van der Waals surface area contributed by atoms with Gasteiger partial charge in [0.05, 0.1) is 0 Å². The van der Waals surface area contributed by atoms with Crippen LogP contribution in [0, 0.1) is 5.82 Å². The summed E-state index contributed by atoms with van der Waals surface area (Å²) < 4.78 is 13.3. The molecule has 0 spiro atoms. The Morgan fingerprint density at radius 1 is 1.08 bits per heavy atom. The highest BCUT2D eigenvalue weighted by Gasteiger charge is 2.40. The van der Waals surface area contributed by atoms with E-state index in [1.165, 1.54) is 12.1 Å². The number of nitrogens with zero attached hydrogens (tertiary/aromatic N) is 2. The van der Waals surface area contributed by atoms with Crippen LogP contribution in [0.15, 0.2) is 42.5 Å². The summed E-state index contributed by atoms with van der Waals surface area (Å²) in [4.78, 5) is 30.9. The second kappa shape index (κ2) is 6.86. The monoisotopic (exact) mass is 353 g/mol. The Balaban J connectivity index is 1.41. The second-order valence-electron chi connectivity index (χ2n) is 6.88. The first-order valence-corrected chi connectivity index (χ1v) is 8.94. The molecule has 6 heteroatoms. The molecule has 2 heterocycles. The van der Waals surface area contributed by atoms with Gasteiger partial charge in [-0.1, -0.05) is 18.2 Å². The van der Waals surface area contributed by atoms with E-state index in [-0.39, 0.29) is 35.3 Å². The van der Waals surface area contributed by atoms with Gasteiger partial charge in [-0.3, -0.25) is 9.59 Å². The lowest BCUT2D eigenvalue weighted by molar-refractivity contribution is 0.0787. The van der Waals surface area contributed by atoms with E-state index in [0.29, 0.717) is 5.69 Å². The average Bonchev–Trinajstić information content (AvgIpc) is 3.20. The predicted molar refractivity (Wildman–Crippen MR) is 94.4 cm³/mol. The standard InChI is InChI=1S/C20H20FN3O2/c21-14-6-3-5-13(11-14)15-12-18(15)23-19(25)16-7-4-8-17(22-16)20(26)24-9-1-2-10-24/h3-8,11,15,18H,1-2,9-10,12H2,(H,23,25)/t15-,18+/m0/s1. The first-order chi connectivity index (χ1) is 12.6. The number of aromatic nitrogens is 1. The largest absolute Gasteiger partial charge is 0.347 e. The minimum atomic E-state index is -0.301. The zero-order valence-corrected chi connectivity index (χ0v) is 14.3. The van der Waals surface area contributed by atoms with E-state index in [1.54, 1.807) is 29.2 Å². The summed E-state index contributed by atoms with van der Waals surface area (Å²) in [6.07, 6.45) is 2.80. The summed E-state index contributed by atoms with van der Waals surface area (Å²) >= 11 is 0. The number of likely N-dealkylation sites (tertiary alicyclic amines) is 1. The molecule has 0 radical (unpaired) electrons. The summed E-state index contributed by atoms with van der Waals surface area (Å²) in [7, 11) is 0. The van der Waals surface area contributed by atoms with Crippen LogP contribution in [0.25, 0.3) is 0 Å². The third-order valence-corrected chi connectivity index (χ3v) is 4.98. The topological polar surface area (TPSA) is 62.3 Å². The molecule has 2 aromatic rings. The van der Waals surface area contributed by atoms with Crippen LogP contribution in [0.4, 0.5) is 4.39 Å². The van der Waals surface area contributed by atoms with E-state index in [9.17, 15) is 14.0 Å². The molecule has 26 heavy (non-hydrogen) atoms. The molecule has 0 unspecified atom stereocenters. The SMILES string of the molecule is O=C(N[C@@H]1C[C@H]1c1cccc(F)c1)c1cccc(C(=O)N2CCCC2)n1. The second-order valence-corrected chi connectivity index (χ2v) is 6.88. The van der Waals surface area contributed by atoms with E-state index < -0.39 is 0 Å². The number of hydrogen-bond acceptors (Lipinski definition) is 3. The van der Waals surface area contributed by atoms with Crippen LogP contribution in [-0.4, -0.2) is 40.8 Å². The maximum Gasteiger partial charge on any atom is 0.272 e. The van der Waals surface area contributed by atoms with Gasteiger partial charge >= 0.3 is 0 Å². The molecule has 1 aliphatic heterocycles. The smallest absolute Gasteiger partial charge is 0.272 e. The van der Waals surface area contributed by atoms with Crippen molar-refractivity contribution in [1.29, 1.82) is 0 Å². The quantitative estimate of drug-likeness (QED) is 0.919. The van der Waals surface area contributed by atoms with E-state index in [1.807, 2.05) is 6.07 Å². The number of amides is 2. The Hall–Kier alpha value is -2.76. The molecule has 1 N–H and O–H groups in total. The molecule has 134 valence electrons. The molecule has 1 aromatic carbocycles. The van der Waals surface area contributed by atoms with Crippen molar-refractivity contribution in [3.8, 4) is 0 Å². The van der Waals surface area contributed by atoms with Gasteiger partial charge in [-0.25, -0.2) is 9.37 Å². The first-order valence-electron chi connectivity index (χ1n) is 8.94. The highest BCUT2D eigenvalue weighted by atomic mass is 19.1. The number of rotatable bonds is 4. The normalized spacial score (nSPS) is 21.5. The van der Waals surface area contributed by atoms with Gasteiger partial charge in [-0.15, -0.1) is 0 Å². The molecule has 1 saturated heterocycles. The molecule has 0 bridgehead atoms. The summed E-state index contributed by atoms with van der Waals surface area (Å²) in [5.41, 5.74) is 1.43. The van der Waals surface area contributed by atoms with Gasteiger partial charge in [0.1, 0.15) is 17.2 Å². The van der Waals surface area contributed by atoms with Gasteiger partial charge in [0.2, 0.25) is 0 Å². The summed E-state index contributed by atoms with van der Waals surface area (Å²) in [5, 5.41) is 2.93. The lowest BCUT2D eigenvalue weighted by Crippen LogP contribution is -2.30. The van der Waals surface area contributed by atoms with Gasteiger partial charge < -0.3 is 10.2 Å². The number of hydrogen-bond donors (Lipinski definition) is 1. The molecule has 2 fully saturated rings. The Kier molecular flexibility index (Phi) is 4.41. The van der Waals surface area contributed by atoms with Crippen LogP contribution >= 0.6 is 0 Å². The number of pyridine rings is 1. The van der Waals surface area contributed by atoms with Crippen molar-refractivity contribution in [2.75, 3.05) is 13.1 Å². The van der Waals surface area contributed by atoms with Gasteiger partial charge in [0, 0.05) is 25.0 Å². The Morgan fingerprint density at radius 2 is 1.81 bits per heavy atom. The fourth-order valence-corrected chi connectivity index (χ4v) is 3.46. The van der Waals surface area contributed by atoms with Crippen molar-refractivity contribution < 1.29 is 14.0 Å². The minimum Gasteiger partial charge on any atom is -0.347 e. The highest BCUT2D eigenvalue weighted by Crippen LogP contribution is 2.41. The number of nitrogens with one attached hydrogen (secondary N) is 1. The molecule has 1 aliphatic carbocycles. The Labute approximate surface area is 151 Å². The first kappa shape index (κ1) is 16.7. The van der Waals surface area contributed by atoms with Gasteiger partial charge in [0.25, 0.3) is 11.8 Å². The molecule has 5 nitrogen and oxygen atoms in total. The summed E-state index contributed by atoms with van der Waals surface area (Å²) in [6, 6.07) is 11.4. The number of carbonyl (C=O) groups is 2. The van der Waals surface area contributed by atoms with Crippen molar-refractivity contribution in [1.82, 2.24) is 15.2 Å². The van der Waals surface area contributed by atoms with Crippen molar-refractivity contribution in [2.45, 2.75) is 31.2 Å². The van der Waals surface area contributed by atoms with E-state index >= 15 is 0 Å². The Morgan fingerprint density at radius 3 is 2.58 bits per heavy atom. The Bertz CT molecular complexity index is 848. The summed E-state index contributed by atoms with van der Waals surface area (Å²) in [5.74, 6) is -0.565. The molecule has 2 amide bonds. The van der Waals surface area contributed by atoms with Gasteiger partial charge in [-0.2, -0.15) is 0 Å². The fraction of sp³-hybridized carbons (Fsp3) is 0.350. The molecule has 4 rings (SSSR count). The number of halogens is 1. The molecule has 2 atom stereocenters. The predicted octanol–water partition coefficient (Wildman–Crippen LogP) is 2.74. The molecule has 1 aromatic heterocycles. The summed E-state index contributed by atoms with van der Waals surface area (Å²) in [6.45, 7) is 1.49. The lowest BCUT2D eigenvalue weighted by atomic mass is 10.1. The lowest BCUT2D eigenvalue weighted by Gasteiger charge is -2.14. The number of carbonyl (C=O) groups excluding carboxylic acids is 2. The van der Waals surface area contributed by atoms with Crippen LogP contribution in [0.5, 0.6) is 0 Å². The minimum absolute atomic E-state index is 0.0240. The third-order valence-electron chi connectivity index (χ3n) is 4.98. The van der Waals surface area contributed by atoms with E-state index in [0.717, 1.165) is 37.9 Å². The van der Waals surface area contributed by atoms with Crippen LogP contribution < -0.4 is 5.32 Å². The fourth-order valence-electron chi connectivity index (χ4n) is 3.46. The molecule has 2 aliphatic rings. The van der Waals surface area contributed by atoms with Crippen molar-refractivity contribution >= 4 is 11.8 Å². The maximum absolute atomic E-state index is 13.3. The highest BCUT2D eigenvalue weighted by molar-refractivity contribution is 5.96. The molecule has 1 saturated carbocycles. The van der Waals surface area contributed by atoms with Gasteiger partial charge in [-0.05, 0) is 49.1 Å². The zero-order valence-electron chi connectivity index (χ0n) is 14.3. The van der Waals surface area contributed by atoms with Gasteiger partial charge in [0.15, 0.2) is 0 Å². The number of benzene rings is 1. The molecular formula is C20H20FN3O2. The van der Waals surface area contributed by atoms with Crippen molar-refractivity contribution in [3.05, 3.63) is 65.2 Å². The van der Waals surface area contributed by atoms with Crippen LogP contribution in [0.3, 0.4) is 0 Å². The van der Waals surface area contributed by atoms with Crippen molar-refractivity contribution in [3.63, 3.8) is 0 Å². The third kappa shape index (κ3) is 3.45. The van der Waals surface area contributed by atoms with E-state index in [2.05, 4.69) is 10.3 Å². The zero-order chi connectivity index (χ0) is 18.1. The van der Waals surface area contributed by atoms with Crippen LogP contribution in [0.2, 0.25) is 0 Å². The molecular weight excluding hydrogens is 333 g/mol. The maximum atomic E-state index is 13.3.